The highest BCUT2D eigenvalue weighted by Gasteiger charge is 2.14. The molecule has 0 aliphatic heterocycles. The molecule has 6 nitrogen and oxygen atoms in total. The molecule has 6 heteroatoms. The lowest BCUT2D eigenvalue weighted by molar-refractivity contribution is 0.0875. The van der Waals surface area contributed by atoms with Gasteiger partial charge >= 0.3 is 5.91 Å². The molecule has 3 rings (SSSR count). The van der Waals surface area contributed by atoms with Crippen LogP contribution in [-0.4, -0.2) is 24.1 Å². The van der Waals surface area contributed by atoms with Gasteiger partial charge in [0, 0.05) is 23.8 Å². The molecule has 0 saturated heterocycles. The zero-order valence-corrected chi connectivity index (χ0v) is 16.5. The van der Waals surface area contributed by atoms with Gasteiger partial charge < -0.3 is 9.47 Å². The molecule has 0 N–H and O–H groups in total. The number of benzene rings is 2. The summed E-state index contributed by atoms with van der Waals surface area (Å²) < 4.78 is 11.4. The van der Waals surface area contributed by atoms with Crippen molar-refractivity contribution >= 4 is 16.8 Å². The second kappa shape index (κ2) is 10.5. The number of unbranched alkanes of at least 4 members (excludes halogenated alkanes) is 1. The number of hydrogen-bond donors (Lipinski definition) is 0. The van der Waals surface area contributed by atoms with Crippen LogP contribution in [0.2, 0.25) is 0 Å². The topological polar surface area (TPSA) is 77.8 Å². The third-order valence-corrected chi connectivity index (χ3v) is 4.65. The molecule has 3 aromatic rings. The van der Waals surface area contributed by atoms with Crippen LogP contribution in [0, 0.1) is 11.8 Å². The van der Waals surface area contributed by atoms with E-state index in [1.807, 2.05) is 36.4 Å². The number of nitroso groups, excluding NO2 is 1. The van der Waals surface area contributed by atoms with Gasteiger partial charge in [0.2, 0.25) is 0 Å². The molecular weight excluding hydrogens is 368 g/mol. The average Bonchev–Trinajstić information content (AvgIpc) is 2.75. The molecule has 150 valence electrons. The van der Waals surface area contributed by atoms with Crippen molar-refractivity contribution in [2.45, 2.75) is 33.0 Å². The zero-order chi connectivity index (χ0) is 20.5. The van der Waals surface area contributed by atoms with Crippen LogP contribution in [-0.2, 0) is 22.7 Å². The van der Waals surface area contributed by atoms with E-state index in [0.29, 0.717) is 30.9 Å². The number of aromatic nitrogens is 1. The quantitative estimate of drug-likeness (QED) is 0.360. The predicted molar refractivity (Wildman–Crippen MR) is 112 cm³/mol. The van der Waals surface area contributed by atoms with Gasteiger partial charge in [-0.3, -0.25) is 9.78 Å². The van der Waals surface area contributed by atoms with Crippen molar-refractivity contribution in [3.05, 3.63) is 81.9 Å². The molecule has 0 fully saturated rings. The highest BCUT2D eigenvalue weighted by Crippen LogP contribution is 2.17. The first-order valence-corrected chi connectivity index (χ1v) is 9.65. The number of carbonyl (C=O) groups excluding carboxylic acids is 1. The van der Waals surface area contributed by atoms with Gasteiger partial charge in [-0.25, -0.2) is 0 Å². The molecule has 0 spiro atoms. The Morgan fingerprint density at radius 2 is 1.69 bits per heavy atom. The number of carbonyl (C=O) groups is 1. The van der Waals surface area contributed by atoms with Crippen molar-refractivity contribution in [2.24, 2.45) is 5.18 Å². The van der Waals surface area contributed by atoms with E-state index in [-0.39, 0.29) is 6.61 Å². The second-order valence-corrected chi connectivity index (χ2v) is 6.81. The summed E-state index contributed by atoms with van der Waals surface area (Å²) in [5, 5.41) is 3.66. The molecule has 0 radical (unpaired) electrons. The van der Waals surface area contributed by atoms with Crippen molar-refractivity contribution in [3.63, 3.8) is 0 Å². The molecule has 0 aliphatic carbocycles. The number of rotatable bonds is 10. The third kappa shape index (κ3) is 5.76. The first kappa shape index (κ1) is 20.8. The number of fused-ring (bicyclic) bond motifs is 1. The average molecular weight is 392 g/mol. The monoisotopic (exact) mass is 392 g/mol. The van der Waals surface area contributed by atoms with Crippen LogP contribution in [0.3, 0.4) is 0 Å². The maximum absolute atomic E-state index is 11.7. The van der Waals surface area contributed by atoms with Gasteiger partial charge in [-0.05, 0) is 43.0 Å². The summed E-state index contributed by atoms with van der Waals surface area (Å²) in [6, 6.07) is 17.5. The van der Waals surface area contributed by atoms with Crippen LogP contribution in [0.1, 0.15) is 40.0 Å². The number of amides is 1. The number of para-hydroxylation sites is 1. The highest BCUT2D eigenvalue weighted by molar-refractivity contribution is 5.97. The maximum Gasteiger partial charge on any atom is 0.317 e. The fourth-order valence-corrected chi connectivity index (χ4v) is 3.16. The summed E-state index contributed by atoms with van der Waals surface area (Å²) >= 11 is 0. The molecule has 1 amide bonds. The number of ether oxygens (including phenoxy) is 2. The normalized spacial score (nSPS) is 10.9. The minimum absolute atomic E-state index is 0.278. The number of hydrogen-bond acceptors (Lipinski definition) is 5. The maximum atomic E-state index is 11.7. The number of nitrogens with zero attached hydrogens (tertiary/aromatic N) is 2. The smallest absolute Gasteiger partial charge is 0.317 e. The Labute approximate surface area is 169 Å². The molecular formula is C23H24N2O4. The van der Waals surface area contributed by atoms with Crippen LogP contribution in [0.4, 0.5) is 0 Å². The van der Waals surface area contributed by atoms with Crippen molar-refractivity contribution < 1.29 is 14.3 Å². The molecule has 1 aromatic heterocycles. The van der Waals surface area contributed by atoms with Gasteiger partial charge in [-0.1, -0.05) is 42.5 Å². The van der Waals surface area contributed by atoms with E-state index in [4.69, 9.17) is 9.47 Å². The van der Waals surface area contributed by atoms with Crippen molar-refractivity contribution in [1.29, 1.82) is 0 Å². The van der Waals surface area contributed by atoms with Crippen LogP contribution in [0.15, 0.2) is 59.8 Å². The summed E-state index contributed by atoms with van der Waals surface area (Å²) in [4.78, 5) is 26.9. The van der Waals surface area contributed by atoms with Gasteiger partial charge in [0.1, 0.15) is 0 Å². The van der Waals surface area contributed by atoms with Gasteiger partial charge in [0.15, 0.2) is 0 Å². The van der Waals surface area contributed by atoms with E-state index < -0.39 is 5.91 Å². The summed E-state index contributed by atoms with van der Waals surface area (Å²) in [5.41, 5.74) is 3.65. The SMILES string of the molecule is Cc1cccc(COCCCCOCc2ccc3ccccc3n2)c1C(=O)N=O. The number of pyridine rings is 1. The van der Waals surface area contributed by atoms with Crippen LogP contribution in [0.5, 0.6) is 0 Å². The van der Waals surface area contributed by atoms with E-state index in [2.05, 4.69) is 16.2 Å². The van der Waals surface area contributed by atoms with E-state index >= 15 is 0 Å². The molecule has 1 heterocycles. The largest absolute Gasteiger partial charge is 0.377 e. The number of aryl methyl sites for hydroxylation is 1. The third-order valence-electron chi connectivity index (χ3n) is 4.65. The first-order valence-electron chi connectivity index (χ1n) is 9.65. The van der Waals surface area contributed by atoms with E-state index in [1.54, 1.807) is 19.1 Å². The van der Waals surface area contributed by atoms with Gasteiger partial charge in [0.25, 0.3) is 0 Å². The molecule has 0 bridgehead atoms. The van der Waals surface area contributed by atoms with Crippen LogP contribution < -0.4 is 0 Å². The Kier molecular flexibility index (Phi) is 7.55. The summed E-state index contributed by atoms with van der Waals surface area (Å²) in [6.07, 6.45) is 1.70. The Morgan fingerprint density at radius 1 is 0.931 bits per heavy atom. The first-order chi connectivity index (χ1) is 14.2. The fraction of sp³-hybridized carbons (Fsp3) is 0.304. The van der Waals surface area contributed by atoms with Crippen molar-refractivity contribution in [1.82, 2.24) is 4.98 Å². The Morgan fingerprint density at radius 3 is 2.48 bits per heavy atom. The Balaban J connectivity index is 1.35. The standard InChI is InChI=1S/C23H24N2O4/c1-17-7-6-9-19(22(17)23(26)25-27)15-28-13-4-5-14-29-16-20-12-11-18-8-2-3-10-21(18)24-20/h2-3,6-12H,4-5,13-16H2,1H3. The van der Waals surface area contributed by atoms with Crippen LogP contribution >= 0.6 is 0 Å². The van der Waals surface area contributed by atoms with E-state index in [9.17, 15) is 9.70 Å². The predicted octanol–water partition coefficient (Wildman–Crippen LogP) is 4.96. The van der Waals surface area contributed by atoms with Crippen molar-refractivity contribution in [3.8, 4) is 0 Å². The molecule has 0 aliphatic rings. The molecule has 2 aromatic carbocycles. The van der Waals surface area contributed by atoms with Gasteiger partial charge in [-0.15, -0.1) is 4.91 Å². The summed E-state index contributed by atoms with van der Waals surface area (Å²) in [5.74, 6) is -0.752. The molecule has 0 saturated carbocycles. The molecule has 0 unspecified atom stereocenters. The van der Waals surface area contributed by atoms with E-state index in [0.717, 1.165) is 35.0 Å². The molecule has 0 atom stereocenters. The zero-order valence-electron chi connectivity index (χ0n) is 16.5. The lowest BCUT2D eigenvalue weighted by Crippen LogP contribution is -2.06. The van der Waals surface area contributed by atoms with Gasteiger partial charge in [0.05, 0.1) is 30.0 Å². The van der Waals surface area contributed by atoms with E-state index in [1.165, 1.54) is 0 Å². The van der Waals surface area contributed by atoms with Crippen molar-refractivity contribution in [2.75, 3.05) is 13.2 Å². The second-order valence-electron chi connectivity index (χ2n) is 6.81. The lowest BCUT2D eigenvalue weighted by Gasteiger charge is -2.10. The van der Waals surface area contributed by atoms with Gasteiger partial charge in [-0.2, -0.15) is 0 Å². The summed E-state index contributed by atoms with van der Waals surface area (Å²) in [6.45, 7) is 3.72. The summed E-state index contributed by atoms with van der Waals surface area (Å²) in [7, 11) is 0. The highest BCUT2D eigenvalue weighted by atomic mass is 16.5. The molecule has 29 heavy (non-hydrogen) atoms. The lowest BCUT2D eigenvalue weighted by atomic mass is 10.0. The Bertz CT molecular complexity index is 988. The minimum Gasteiger partial charge on any atom is -0.377 e. The Hall–Kier alpha value is -2.96. The fourth-order valence-electron chi connectivity index (χ4n) is 3.16. The minimum atomic E-state index is -0.752. The van der Waals surface area contributed by atoms with Crippen LogP contribution in [0.25, 0.3) is 10.9 Å².